The van der Waals surface area contributed by atoms with Gasteiger partial charge in [0.15, 0.2) is 0 Å². The van der Waals surface area contributed by atoms with E-state index in [2.05, 4.69) is 12.1 Å². The van der Waals surface area contributed by atoms with Gasteiger partial charge in [0.2, 0.25) is 0 Å². The van der Waals surface area contributed by atoms with E-state index in [-0.39, 0.29) is 18.9 Å². The van der Waals surface area contributed by atoms with E-state index in [1.54, 1.807) is 24.3 Å². The number of carboxylic acid groups (broad SMARTS) is 1. The second-order valence-electron chi connectivity index (χ2n) is 7.83. The Bertz CT molecular complexity index is 1150. The SMILES string of the molecule is N#Cc1ccc(C(C(=O)OCC2c3ccccc3-c3ccccc32)[C@@H](N)CC(=O)O)cc1. The number of hydrogen-bond acceptors (Lipinski definition) is 5. The lowest BCUT2D eigenvalue weighted by molar-refractivity contribution is -0.146. The minimum Gasteiger partial charge on any atom is -0.481 e. The molecule has 0 aliphatic heterocycles. The number of aliphatic carboxylic acids is 1. The van der Waals surface area contributed by atoms with Crippen LogP contribution in [0.4, 0.5) is 0 Å². The van der Waals surface area contributed by atoms with Crippen LogP contribution in [0.2, 0.25) is 0 Å². The molecule has 1 unspecified atom stereocenters. The van der Waals surface area contributed by atoms with Crippen LogP contribution in [0, 0.1) is 11.3 Å². The summed E-state index contributed by atoms with van der Waals surface area (Å²) < 4.78 is 5.74. The summed E-state index contributed by atoms with van der Waals surface area (Å²) in [5.74, 6) is -2.73. The monoisotopic (exact) mass is 426 g/mol. The highest BCUT2D eigenvalue weighted by Gasteiger charge is 2.33. The van der Waals surface area contributed by atoms with E-state index < -0.39 is 23.9 Å². The summed E-state index contributed by atoms with van der Waals surface area (Å²) in [5.41, 5.74) is 11.5. The Hall–Kier alpha value is -3.95. The predicted octanol–water partition coefficient (Wildman–Crippen LogP) is 3.80. The second kappa shape index (κ2) is 9.04. The first-order valence-corrected chi connectivity index (χ1v) is 10.3. The highest BCUT2D eigenvalue weighted by molar-refractivity contribution is 5.82. The number of esters is 1. The Labute approximate surface area is 185 Å². The van der Waals surface area contributed by atoms with Gasteiger partial charge < -0.3 is 15.6 Å². The molecule has 0 saturated heterocycles. The van der Waals surface area contributed by atoms with Gasteiger partial charge in [-0.25, -0.2) is 0 Å². The molecule has 1 aliphatic carbocycles. The van der Waals surface area contributed by atoms with Crippen LogP contribution >= 0.6 is 0 Å². The van der Waals surface area contributed by atoms with Crippen molar-refractivity contribution in [2.45, 2.75) is 24.3 Å². The zero-order valence-corrected chi connectivity index (χ0v) is 17.3. The molecule has 0 fully saturated rings. The number of hydrogen-bond donors (Lipinski definition) is 2. The molecule has 3 aromatic carbocycles. The number of carbonyl (C=O) groups excluding carboxylic acids is 1. The van der Waals surface area contributed by atoms with Crippen molar-refractivity contribution >= 4 is 11.9 Å². The van der Waals surface area contributed by atoms with Crippen molar-refractivity contribution in [2.24, 2.45) is 5.73 Å². The van der Waals surface area contributed by atoms with Crippen molar-refractivity contribution in [3.8, 4) is 17.2 Å². The van der Waals surface area contributed by atoms with Crippen LogP contribution in [0.3, 0.4) is 0 Å². The van der Waals surface area contributed by atoms with Gasteiger partial charge in [0, 0.05) is 12.0 Å². The largest absolute Gasteiger partial charge is 0.481 e. The van der Waals surface area contributed by atoms with Gasteiger partial charge in [0.25, 0.3) is 0 Å². The molecule has 0 bridgehead atoms. The van der Waals surface area contributed by atoms with Gasteiger partial charge in [-0.05, 0) is 39.9 Å². The molecule has 0 radical (unpaired) electrons. The van der Waals surface area contributed by atoms with Crippen LogP contribution in [0.5, 0.6) is 0 Å². The fourth-order valence-electron chi connectivity index (χ4n) is 4.34. The summed E-state index contributed by atoms with van der Waals surface area (Å²) in [4.78, 5) is 24.4. The summed E-state index contributed by atoms with van der Waals surface area (Å²) >= 11 is 0. The molecule has 1 aliphatic rings. The van der Waals surface area contributed by atoms with Crippen LogP contribution < -0.4 is 5.73 Å². The molecule has 2 atom stereocenters. The Morgan fingerprint density at radius 2 is 1.53 bits per heavy atom. The Kier molecular flexibility index (Phi) is 6.02. The van der Waals surface area contributed by atoms with E-state index in [0.717, 1.165) is 22.3 Å². The maximum absolute atomic E-state index is 13.1. The minimum absolute atomic E-state index is 0.108. The molecular formula is C26H22N2O4. The first kappa shape index (κ1) is 21.3. The zero-order valence-electron chi connectivity index (χ0n) is 17.3. The molecular weight excluding hydrogens is 404 g/mol. The van der Waals surface area contributed by atoms with Crippen molar-refractivity contribution < 1.29 is 19.4 Å². The molecule has 3 N–H and O–H groups in total. The summed E-state index contributed by atoms with van der Waals surface area (Å²) in [5, 5.41) is 18.2. The third-order valence-electron chi connectivity index (χ3n) is 5.85. The number of benzene rings is 3. The van der Waals surface area contributed by atoms with Crippen LogP contribution in [-0.4, -0.2) is 29.7 Å². The minimum atomic E-state index is -1.09. The van der Waals surface area contributed by atoms with E-state index in [4.69, 9.17) is 15.7 Å². The van der Waals surface area contributed by atoms with Crippen LogP contribution in [0.1, 0.15) is 40.5 Å². The Balaban J connectivity index is 1.58. The Morgan fingerprint density at radius 1 is 0.969 bits per heavy atom. The van der Waals surface area contributed by atoms with Crippen LogP contribution in [-0.2, 0) is 14.3 Å². The molecule has 0 amide bonds. The molecule has 6 heteroatoms. The number of carboxylic acids is 1. The van der Waals surface area contributed by atoms with Crippen molar-refractivity contribution in [3.05, 3.63) is 95.1 Å². The zero-order chi connectivity index (χ0) is 22.7. The average Bonchev–Trinajstić information content (AvgIpc) is 3.11. The first-order valence-electron chi connectivity index (χ1n) is 10.3. The number of nitrogens with zero attached hydrogens (tertiary/aromatic N) is 1. The lowest BCUT2D eigenvalue weighted by Gasteiger charge is -2.23. The molecule has 4 rings (SSSR count). The van der Waals surface area contributed by atoms with E-state index in [1.165, 1.54) is 0 Å². The standard InChI is InChI=1S/C26H22N2O4/c27-14-16-9-11-17(12-10-16)25(23(28)13-24(29)30)26(31)32-15-22-20-7-3-1-5-18(20)19-6-2-4-8-21(19)22/h1-12,22-23,25H,13,15,28H2,(H,29,30)/t23-,25?/m0/s1. The highest BCUT2D eigenvalue weighted by Crippen LogP contribution is 2.44. The number of ether oxygens (including phenoxy) is 1. The van der Waals surface area contributed by atoms with E-state index in [0.29, 0.717) is 11.1 Å². The molecule has 0 heterocycles. The fraction of sp³-hybridized carbons (Fsp3) is 0.192. The predicted molar refractivity (Wildman–Crippen MR) is 119 cm³/mol. The maximum Gasteiger partial charge on any atom is 0.315 e. The van der Waals surface area contributed by atoms with Gasteiger partial charge >= 0.3 is 11.9 Å². The van der Waals surface area contributed by atoms with Gasteiger partial charge in [0.1, 0.15) is 6.61 Å². The fourth-order valence-corrected chi connectivity index (χ4v) is 4.34. The number of fused-ring (bicyclic) bond motifs is 3. The van der Waals surface area contributed by atoms with Crippen molar-refractivity contribution in [1.82, 2.24) is 0 Å². The number of nitriles is 1. The van der Waals surface area contributed by atoms with Gasteiger partial charge in [-0.15, -0.1) is 0 Å². The normalized spacial score (nSPS) is 14.0. The van der Waals surface area contributed by atoms with E-state index in [1.807, 2.05) is 42.5 Å². The lowest BCUT2D eigenvalue weighted by Crippen LogP contribution is -2.37. The van der Waals surface area contributed by atoms with Gasteiger partial charge in [0.05, 0.1) is 24.0 Å². The third-order valence-corrected chi connectivity index (χ3v) is 5.85. The van der Waals surface area contributed by atoms with Crippen molar-refractivity contribution in [1.29, 1.82) is 5.26 Å². The van der Waals surface area contributed by atoms with Gasteiger partial charge in [-0.1, -0.05) is 60.7 Å². The second-order valence-corrected chi connectivity index (χ2v) is 7.83. The first-order chi connectivity index (χ1) is 15.5. The molecule has 0 spiro atoms. The van der Waals surface area contributed by atoms with E-state index in [9.17, 15) is 14.7 Å². The van der Waals surface area contributed by atoms with Crippen LogP contribution in [0.25, 0.3) is 11.1 Å². The van der Waals surface area contributed by atoms with Gasteiger partial charge in [-0.2, -0.15) is 5.26 Å². The summed E-state index contributed by atoms with van der Waals surface area (Å²) in [6.07, 6.45) is -0.380. The quantitative estimate of drug-likeness (QED) is 0.556. The molecule has 3 aromatic rings. The molecule has 0 saturated carbocycles. The van der Waals surface area contributed by atoms with Gasteiger partial charge in [-0.3, -0.25) is 9.59 Å². The van der Waals surface area contributed by atoms with Crippen LogP contribution in [0.15, 0.2) is 72.8 Å². The molecule has 6 nitrogen and oxygen atoms in total. The van der Waals surface area contributed by atoms with Crippen molar-refractivity contribution in [2.75, 3.05) is 6.61 Å². The summed E-state index contributed by atoms with van der Waals surface area (Å²) in [6, 6.07) is 23.5. The average molecular weight is 426 g/mol. The summed E-state index contributed by atoms with van der Waals surface area (Å²) in [7, 11) is 0. The number of nitrogens with two attached hydrogens (primary N) is 1. The maximum atomic E-state index is 13.1. The number of carbonyl (C=O) groups is 2. The molecule has 32 heavy (non-hydrogen) atoms. The highest BCUT2D eigenvalue weighted by atomic mass is 16.5. The van der Waals surface area contributed by atoms with E-state index >= 15 is 0 Å². The topological polar surface area (TPSA) is 113 Å². The number of rotatable bonds is 7. The smallest absolute Gasteiger partial charge is 0.315 e. The Morgan fingerprint density at radius 3 is 2.06 bits per heavy atom. The lowest BCUT2D eigenvalue weighted by atomic mass is 9.89. The third kappa shape index (κ3) is 4.11. The van der Waals surface area contributed by atoms with Crippen molar-refractivity contribution in [3.63, 3.8) is 0 Å². The summed E-state index contributed by atoms with van der Waals surface area (Å²) in [6.45, 7) is 0.124. The molecule has 0 aromatic heterocycles. The molecule has 160 valence electrons.